The topological polar surface area (TPSA) is 15.7 Å². The fraction of sp³-hybridized carbons (Fsp3) is 0.294. The van der Waals surface area contributed by atoms with Gasteiger partial charge in [-0.1, -0.05) is 29.8 Å². The van der Waals surface area contributed by atoms with Gasteiger partial charge in [-0.2, -0.15) is 0 Å². The molecule has 0 saturated heterocycles. The Bertz CT molecular complexity index is 646. The third-order valence-corrected chi connectivity index (χ3v) is 3.88. The zero-order chi connectivity index (χ0) is 14.8. The van der Waals surface area contributed by atoms with Gasteiger partial charge in [0.25, 0.3) is 0 Å². The molecule has 118 valence electrons. The largest absolute Gasteiger partial charge is 0.487 e. The average molecular weight is 339 g/mol. The molecule has 3 rings (SSSR count). The fourth-order valence-corrected chi connectivity index (χ4v) is 2.71. The molecule has 0 spiro atoms. The molecule has 0 N–H and O–H groups in total. The molecule has 2 aromatic rings. The first-order valence-corrected chi connectivity index (χ1v) is 7.45. The van der Waals surface area contributed by atoms with E-state index in [0.717, 1.165) is 29.5 Å². The Hall–Kier alpha value is -1.42. The van der Waals surface area contributed by atoms with Crippen molar-refractivity contribution in [3.63, 3.8) is 0 Å². The maximum atomic E-state index is 6.19. The Balaban J connectivity index is 0.00000176. The number of likely N-dealkylation sites (N-methyl/N-ethyl adjacent to an activating group) is 1. The van der Waals surface area contributed by atoms with Crippen LogP contribution in [0, 0.1) is 0 Å². The number of rotatable bonds is 3. The first kappa shape index (κ1) is 16.9. The van der Waals surface area contributed by atoms with Crippen molar-refractivity contribution < 1.29 is 4.74 Å². The Labute approximate surface area is 142 Å². The molecule has 2 aromatic carbocycles. The normalized spacial score (nSPS) is 12.8. The summed E-state index contributed by atoms with van der Waals surface area (Å²) >= 11 is 6.19. The fourth-order valence-electron chi connectivity index (χ4n) is 2.55. The van der Waals surface area contributed by atoms with Gasteiger partial charge in [0.15, 0.2) is 0 Å². The molecule has 22 heavy (non-hydrogen) atoms. The third kappa shape index (κ3) is 3.49. The van der Waals surface area contributed by atoms with Gasteiger partial charge in [0, 0.05) is 29.4 Å². The summed E-state index contributed by atoms with van der Waals surface area (Å²) in [4.78, 5) is 4.47. The smallest absolute Gasteiger partial charge is 0.143 e. The number of nitrogens with zero attached hydrogens (tertiary/aromatic N) is 2. The lowest BCUT2D eigenvalue weighted by molar-refractivity contribution is 0.310. The molecule has 1 heterocycles. The van der Waals surface area contributed by atoms with E-state index >= 15 is 0 Å². The van der Waals surface area contributed by atoms with Gasteiger partial charge in [0.1, 0.15) is 12.4 Å². The minimum atomic E-state index is 0. The van der Waals surface area contributed by atoms with Crippen LogP contribution >= 0.6 is 24.0 Å². The van der Waals surface area contributed by atoms with E-state index in [1.165, 1.54) is 11.3 Å². The number of para-hydroxylation sites is 1. The van der Waals surface area contributed by atoms with Gasteiger partial charge >= 0.3 is 0 Å². The van der Waals surface area contributed by atoms with Gasteiger partial charge in [0.05, 0.1) is 5.69 Å². The molecular weight excluding hydrogens is 319 g/mol. The number of hydrogen-bond acceptors (Lipinski definition) is 3. The Morgan fingerprint density at radius 3 is 2.68 bits per heavy atom. The van der Waals surface area contributed by atoms with Gasteiger partial charge in [-0.3, -0.25) is 0 Å². The van der Waals surface area contributed by atoms with Crippen molar-refractivity contribution in [1.29, 1.82) is 0 Å². The van der Waals surface area contributed by atoms with Gasteiger partial charge < -0.3 is 14.5 Å². The van der Waals surface area contributed by atoms with Gasteiger partial charge in [-0.25, -0.2) is 0 Å². The second-order valence-electron chi connectivity index (χ2n) is 5.48. The molecule has 5 heteroatoms. The number of benzene rings is 2. The summed E-state index contributed by atoms with van der Waals surface area (Å²) in [7, 11) is 4.16. The van der Waals surface area contributed by atoms with Crippen LogP contribution in [-0.4, -0.2) is 32.1 Å². The van der Waals surface area contributed by atoms with Gasteiger partial charge in [-0.05, 0) is 38.4 Å². The van der Waals surface area contributed by atoms with E-state index in [1.807, 2.05) is 18.2 Å². The predicted octanol–water partition coefficient (Wildman–Crippen LogP) is 4.35. The van der Waals surface area contributed by atoms with Crippen LogP contribution in [0.1, 0.15) is 5.56 Å². The molecule has 0 amide bonds. The van der Waals surface area contributed by atoms with E-state index in [0.29, 0.717) is 6.61 Å². The second kappa shape index (κ2) is 7.23. The van der Waals surface area contributed by atoms with E-state index in [-0.39, 0.29) is 12.4 Å². The van der Waals surface area contributed by atoms with E-state index in [1.54, 1.807) is 0 Å². The average Bonchev–Trinajstić information content (AvgIpc) is 2.62. The molecule has 1 aliphatic rings. The summed E-state index contributed by atoms with van der Waals surface area (Å²) in [6, 6.07) is 14.2. The van der Waals surface area contributed by atoms with Crippen molar-refractivity contribution in [1.82, 2.24) is 4.90 Å². The molecule has 0 atom stereocenters. The summed E-state index contributed by atoms with van der Waals surface area (Å²) < 4.78 is 5.95. The Morgan fingerprint density at radius 1 is 1.14 bits per heavy atom. The summed E-state index contributed by atoms with van der Waals surface area (Å²) in [5.74, 6) is 0.884. The van der Waals surface area contributed by atoms with Crippen molar-refractivity contribution in [2.24, 2.45) is 0 Å². The minimum absolute atomic E-state index is 0. The Morgan fingerprint density at radius 2 is 1.91 bits per heavy atom. The second-order valence-corrected chi connectivity index (χ2v) is 5.92. The quantitative estimate of drug-likeness (QED) is 0.827. The van der Waals surface area contributed by atoms with Crippen LogP contribution in [0.4, 0.5) is 11.4 Å². The molecule has 3 nitrogen and oxygen atoms in total. The van der Waals surface area contributed by atoms with Crippen molar-refractivity contribution in [2.45, 2.75) is 6.61 Å². The summed E-state index contributed by atoms with van der Waals surface area (Å²) in [6.45, 7) is 2.43. The van der Waals surface area contributed by atoms with Gasteiger partial charge in [0.2, 0.25) is 0 Å². The van der Waals surface area contributed by atoms with E-state index in [4.69, 9.17) is 16.3 Å². The molecular formula is C17H20Cl2N2O. The minimum Gasteiger partial charge on any atom is -0.487 e. The molecule has 1 aliphatic heterocycles. The van der Waals surface area contributed by atoms with Crippen molar-refractivity contribution in [3.8, 4) is 5.75 Å². The van der Waals surface area contributed by atoms with Crippen LogP contribution in [0.2, 0.25) is 5.02 Å². The van der Waals surface area contributed by atoms with Crippen molar-refractivity contribution >= 4 is 35.4 Å². The molecule has 0 aliphatic carbocycles. The number of ether oxygens (including phenoxy) is 1. The van der Waals surface area contributed by atoms with E-state index < -0.39 is 0 Å². The maximum absolute atomic E-state index is 6.19. The lowest BCUT2D eigenvalue weighted by Crippen LogP contribution is -2.28. The zero-order valence-electron chi connectivity index (χ0n) is 12.8. The van der Waals surface area contributed by atoms with E-state index in [9.17, 15) is 0 Å². The molecule has 0 unspecified atom stereocenters. The zero-order valence-corrected chi connectivity index (χ0v) is 14.3. The number of fused-ring (bicyclic) bond motifs is 2. The Kier molecular flexibility index (Phi) is 5.57. The SMILES string of the molecule is CN(C)CCN1c2ccccc2COc2ccc(Cl)cc21.Cl. The monoisotopic (exact) mass is 338 g/mol. The number of halogens is 2. The van der Waals surface area contributed by atoms with Crippen LogP contribution in [-0.2, 0) is 6.61 Å². The van der Waals surface area contributed by atoms with Crippen LogP contribution in [0.15, 0.2) is 42.5 Å². The summed E-state index contributed by atoms with van der Waals surface area (Å²) in [5.41, 5.74) is 3.43. The molecule has 0 aromatic heterocycles. The van der Waals surface area contributed by atoms with Crippen molar-refractivity contribution in [3.05, 3.63) is 53.1 Å². The van der Waals surface area contributed by atoms with Crippen molar-refractivity contribution in [2.75, 3.05) is 32.1 Å². The lowest BCUT2D eigenvalue weighted by Gasteiger charge is -2.27. The van der Waals surface area contributed by atoms with Gasteiger partial charge in [-0.15, -0.1) is 12.4 Å². The maximum Gasteiger partial charge on any atom is 0.143 e. The number of hydrogen-bond donors (Lipinski definition) is 0. The summed E-state index contributed by atoms with van der Waals surface area (Å²) in [6.07, 6.45) is 0. The molecule has 0 saturated carbocycles. The first-order valence-electron chi connectivity index (χ1n) is 7.07. The highest BCUT2D eigenvalue weighted by atomic mass is 35.5. The highest BCUT2D eigenvalue weighted by Crippen LogP contribution is 2.40. The predicted molar refractivity (Wildman–Crippen MR) is 95.0 cm³/mol. The van der Waals surface area contributed by atoms with Crippen LogP contribution in [0.25, 0.3) is 0 Å². The molecule has 0 bridgehead atoms. The molecule has 0 radical (unpaired) electrons. The van der Waals surface area contributed by atoms with E-state index in [2.05, 4.69) is 48.2 Å². The van der Waals surface area contributed by atoms with Crippen LogP contribution in [0.5, 0.6) is 5.75 Å². The first-order chi connectivity index (χ1) is 10.1. The van der Waals surface area contributed by atoms with Crippen LogP contribution in [0.3, 0.4) is 0 Å². The highest BCUT2D eigenvalue weighted by molar-refractivity contribution is 6.31. The standard InChI is InChI=1S/C17H19ClN2O.ClH/c1-19(2)9-10-20-15-6-4-3-5-13(15)12-21-17-8-7-14(18)11-16(17)20;/h3-8,11H,9-10,12H2,1-2H3;1H. The third-order valence-electron chi connectivity index (χ3n) is 3.65. The van der Waals surface area contributed by atoms with Crippen LogP contribution < -0.4 is 9.64 Å². The summed E-state index contributed by atoms with van der Waals surface area (Å²) in [5, 5.41) is 0.728. The lowest BCUT2D eigenvalue weighted by atomic mass is 10.1. The molecule has 0 fully saturated rings. The highest BCUT2D eigenvalue weighted by Gasteiger charge is 2.21. The number of anilines is 2.